The SMILES string of the molecule is CC(=O)N1c2ccc(S(=O)(=O)Nc3ccc(Br)cc3C)cc2C[C@H]1C. The molecule has 0 aromatic heterocycles. The first-order valence-electron chi connectivity index (χ1n) is 7.91. The minimum absolute atomic E-state index is 0.0344. The third-order valence-electron chi connectivity index (χ3n) is 4.35. The minimum atomic E-state index is -3.69. The molecule has 1 N–H and O–H groups in total. The predicted octanol–water partition coefficient (Wildman–Crippen LogP) is 3.86. The Hall–Kier alpha value is -1.86. The van der Waals surface area contributed by atoms with Gasteiger partial charge in [0.1, 0.15) is 0 Å². The summed E-state index contributed by atoms with van der Waals surface area (Å²) in [5, 5.41) is 0. The zero-order valence-corrected chi connectivity index (χ0v) is 16.6. The number of carbonyl (C=O) groups is 1. The fourth-order valence-corrected chi connectivity index (χ4v) is 4.86. The van der Waals surface area contributed by atoms with Crippen molar-refractivity contribution in [3.8, 4) is 0 Å². The van der Waals surface area contributed by atoms with E-state index in [-0.39, 0.29) is 16.8 Å². The average Bonchev–Trinajstić information content (AvgIpc) is 2.85. The normalized spacial score (nSPS) is 16.6. The first kappa shape index (κ1) is 17.9. The summed E-state index contributed by atoms with van der Waals surface area (Å²) in [4.78, 5) is 13.7. The molecule has 0 aliphatic carbocycles. The molecule has 7 heteroatoms. The van der Waals surface area contributed by atoms with Gasteiger partial charge in [0.15, 0.2) is 0 Å². The van der Waals surface area contributed by atoms with E-state index in [4.69, 9.17) is 0 Å². The van der Waals surface area contributed by atoms with Gasteiger partial charge in [0.25, 0.3) is 10.0 Å². The van der Waals surface area contributed by atoms with Crippen LogP contribution in [-0.4, -0.2) is 20.4 Å². The summed E-state index contributed by atoms with van der Waals surface area (Å²) >= 11 is 3.37. The topological polar surface area (TPSA) is 66.5 Å². The second-order valence-electron chi connectivity index (χ2n) is 6.30. The molecule has 0 spiro atoms. The van der Waals surface area contributed by atoms with Crippen molar-refractivity contribution in [3.05, 3.63) is 52.0 Å². The molecule has 2 aromatic carbocycles. The molecule has 0 unspecified atom stereocenters. The van der Waals surface area contributed by atoms with Gasteiger partial charge in [-0.1, -0.05) is 15.9 Å². The van der Waals surface area contributed by atoms with Crippen molar-refractivity contribution in [3.63, 3.8) is 0 Å². The number of anilines is 2. The Kier molecular flexibility index (Phi) is 4.64. The van der Waals surface area contributed by atoms with Gasteiger partial charge >= 0.3 is 0 Å². The fourth-order valence-electron chi connectivity index (χ4n) is 3.20. The number of hydrogen-bond acceptors (Lipinski definition) is 3. The van der Waals surface area contributed by atoms with Crippen molar-refractivity contribution in [2.75, 3.05) is 9.62 Å². The molecule has 0 radical (unpaired) electrons. The zero-order valence-electron chi connectivity index (χ0n) is 14.2. The summed E-state index contributed by atoms with van der Waals surface area (Å²) < 4.78 is 29.0. The lowest BCUT2D eigenvalue weighted by Crippen LogP contribution is -2.33. The molecule has 1 aliphatic rings. The van der Waals surface area contributed by atoms with Crippen LogP contribution < -0.4 is 9.62 Å². The van der Waals surface area contributed by atoms with Gasteiger partial charge in [-0.15, -0.1) is 0 Å². The van der Waals surface area contributed by atoms with E-state index in [1.807, 2.05) is 19.9 Å². The molecule has 0 saturated heterocycles. The summed E-state index contributed by atoms with van der Waals surface area (Å²) in [6, 6.07) is 10.3. The Labute approximate surface area is 156 Å². The first-order valence-corrected chi connectivity index (χ1v) is 10.2. The fraction of sp³-hybridized carbons (Fsp3) is 0.278. The number of fused-ring (bicyclic) bond motifs is 1. The maximum Gasteiger partial charge on any atom is 0.261 e. The molecule has 1 heterocycles. The number of nitrogens with zero attached hydrogens (tertiary/aromatic N) is 1. The van der Waals surface area contributed by atoms with Gasteiger partial charge in [0, 0.05) is 23.1 Å². The largest absolute Gasteiger partial charge is 0.309 e. The van der Waals surface area contributed by atoms with Gasteiger partial charge in [-0.05, 0) is 67.8 Å². The lowest BCUT2D eigenvalue weighted by atomic mass is 10.1. The zero-order chi connectivity index (χ0) is 18.4. The first-order chi connectivity index (χ1) is 11.7. The third-order valence-corrected chi connectivity index (χ3v) is 6.21. The van der Waals surface area contributed by atoms with Crippen molar-refractivity contribution in [1.82, 2.24) is 0 Å². The Morgan fingerprint density at radius 1 is 1.24 bits per heavy atom. The van der Waals surface area contributed by atoms with Crippen LogP contribution in [0.4, 0.5) is 11.4 Å². The third kappa shape index (κ3) is 3.43. The van der Waals surface area contributed by atoms with E-state index < -0.39 is 10.0 Å². The van der Waals surface area contributed by atoms with Gasteiger partial charge in [0.05, 0.1) is 10.6 Å². The summed E-state index contributed by atoms with van der Waals surface area (Å²) in [7, 11) is -3.69. The number of amides is 1. The standard InChI is InChI=1S/C18H19BrN2O3S/c1-11-8-15(19)4-6-17(11)20-25(23,24)16-5-7-18-14(10-16)9-12(2)21(18)13(3)22/h4-8,10,12,20H,9H2,1-3H3/t12-/m1/s1. The van der Waals surface area contributed by atoms with Crippen molar-refractivity contribution in [1.29, 1.82) is 0 Å². The second kappa shape index (κ2) is 6.46. The molecule has 0 saturated carbocycles. The van der Waals surface area contributed by atoms with Crippen LogP contribution in [0, 0.1) is 6.92 Å². The smallest absolute Gasteiger partial charge is 0.261 e. The van der Waals surface area contributed by atoms with E-state index >= 15 is 0 Å². The maximum atomic E-state index is 12.7. The highest BCUT2D eigenvalue weighted by molar-refractivity contribution is 9.10. The highest BCUT2D eigenvalue weighted by Gasteiger charge is 2.30. The van der Waals surface area contributed by atoms with Gasteiger partial charge in [-0.2, -0.15) is 0 Å². The van der Waals surface area contributed by atoms with E-state index in [0.717, 1.165) is 21.3 Å². The number of hydrogen-bond donors (Lipinski definition) is 1. The van der Waals surface area contributed by atoms with Gasteiger partial charge in [-0.25, -0.2) is 8.42 Å². The van der Waals surface area contributed by atoms with E-state index in [1.54, 1.807) is 35.2 Å². The lowest BCUT2D eigenvalue weighted by molar-refractivity contribution is -0.116. The molecule has 1 amide bonds. The Bertz CT molecular complexity index is 957. The van der Waals surface area contributed by atoms with Crippen LogP contribution in [0.1, 0.15) is 25.0 Å². The molecule has 0 fully saturated rings. The maximum absolute atomic E-state index is 12.7. The number of sulfonamides is 1. The molecule has 3 rings (SSSR count). The summed E-state index contributed by atoms with van der Waals surface area (Å²) in [6.07, 6.45) is 0.648. The van der Waals surface area contributed by atoms with E-state index in [0.29, 0.717) is 12.1 Å². The summed E-state index contributed by atoms with van der Waals surface area (Å²) in [6.45, 7) is 5.32. The molecule has 0 bridgehead atoms. The monoisotopic (exact) mass is 422 g/mol. The minimum Gasteiger partial charge on any atom is -0.309 e. The van der Waals surface area contributed by atoms with E-state index in [9.17, 15) is 13.2 Å². The molecule has 2 aromatic rings. The Balaban J connectivity index is 1.94. The van der Waals surface area contributed by atoms with Gasteiger partial charge in [0.2, 0.25) is 5.91 Å². The number of carbonyl (C=O) groups excluding carboxylic acids is 1. The summed E-state index contributed by atoms with van der Waals surface area (Å²) in [5.74, 6) is -0.0366. The number of benzene rings is 2. The molecular weight excluding hydrogens is 404 g/mol. The van der Waals surface area contributed by atoms with Crippen LogP contribution in [0.15, 0.2) is 45.8 Å². The number of aryl methyl sites for hydroxylation is 1. The second-order valence-corrected chi connectivity index (χ2v) is 8.90. The molecule has 132 valence electrons. The predicted molar refractivity (Wildman–Crippen MR) is 102 cm³/mol. The molecule has 1 aliphatic heterocycles. The number of rotatable bonds is 3. The van der Waals surface area contributed by atoms with Crippen molar-refractivity contribution in [2.24, 2.45) is 0 Å². The highest BCUT2D eigenvalue weighted by atomic mass is 79.9. The van der Waals surface area contributed by atoms with Crippen molar-refractivity contribution >= 4 is 43.2 Å². The number of halogens is 1. The van der Waals surface area contributed by atoms with Crippen LogP contribution in [0.3, 0.4) is 0 Å². The van der Waals surface area contributed by atoms with Crippen LogP contribution in [-0.2, 0) is 21.2 Å². The number of nitrogens with one attached hydrogen (secondary N) is 1. The Morgan fingerprint density at radius 2 is 1.96 bits per heavy atom. The van der Waals surface area contributed by atoms with Crippen LogP contribution in [0.2, 0.25) is 0 Å². The van der Waals surface area contributed by atoms with E-state index in [1.165, 1.54) is 6.92 Å². The van der Waals surface area contributed by atoms with Gasteiger partial charge < -0.3 is 4.90 Å². The van der Waals surface area contributed by atoms with Gasteiger partial charge in [-0.3, -0.25) is 9.52 Å². The van der Waals surface area contributed by atoms with Crippen LogP contribution >= 0.6 is 15.9 Å². The van der Waals surface area contributed by atoms with Crippen LogP contribution in [0.25, 0.3) is 0 Å². The molecule has 25 heavy (non-hydrogen) atoms. The molecule has 5 nitrogen and oxygen atoms in total. The highest BCUT2D eigenvalue weighted by Crippen LogP contribution is 2.34. The lowest BCUT2D eigenvalue weighted by Gasteiger charge is -2.20. The van der Waals surface area contributed by atoms with Crippen molar-refractivity contribution in [2.45, 2.75) is 38.1 Å². The van der Waals surface area contributed by atoms with E-state index in [2.05, 4.69) is 20.7 Å². The molecule has 1 atom stereocenters. The summed E-state index contributed by atoms with van der Waals surface area (Å²) in [5.41, 5.74) is 3.04. The average molecular weight is 423 g/mol. The Morgan fingerprint density at radius 3 is 2.60 bits per heavy atom. The quantitative estimate of drug-likeness (QED) is 0.816. The van der Waals surface area contributed by atoms with Crippen molar-refractivity contribution < 1.29 is 13.2 Å². The molecular formula is C18H19BrN2O3S. The van der Waals surface area contributed by atoms with Crippen LogP contribution in [0.5, 0.6) is 0 Å².